The van der Waals surface area contributed by atoms with Crippen LogP contribution in [-0.2, 0) is 10.0 Å². The third-order valence-corrected chi connectivity index (χ3v) is 4.38. The quantitative estimate of drug-likeness (QED) is 0.851. The summed E-state index contributed by atoms with van der Waals surface area (Å²) in [6, 6.07) is 6.88. The number of anilines is 1. The highest BCUT2D eigenvalue weighted by Crippen LogP contribution is 2.32. The first-order chi connectivity index (χ1) is 9.56. The molecule has 1 aliphatic heterocycles. The van der Waals surface area contributed by atoms with Crippen LogP contribution in [-0.4, -0.2) is 25.0 Å². The maximum absolute atomic E-state index is 12.2. The zero-order valence-corrected chi connectivity index (χ0v) is 11.2. The van der Waals surface area contributed by atoms with Crippen LogP contribution in [0.4, 0.5) is 5.95 Å². The summed E-state index contributed by atoms with van der Waals surface area (Å²) in [7, 11) is -3.71. The third-order valence-electron chi connectivity index (χ3n) is 2.96. The number of benzene rings is 1. The zero-order valence-electron chi connectivity index (χ0n) is 10.4. The normalized spacial score (nSPS) is 17.5. The summed E-state index contributed by atoms with van der Waals surface area (Å²) in [4.78, 5) is 7.33. The Morgan fingerprint density at radius 2 is 1.95 bits per heavy atom. The van der Waals surface area contributed by atoms with E-state index in [4.69, 9.17) is 10.5 Å². The SMILES string of the molecule is Nc1ncc(S(=O)(=O)NC2COc3ccccc32)cn1. The first-order valence-electron chi connectivity index (χ1n) is 5.88. The number of nitrogen functional groups attached to an aromatic ring is 1. The van der Waals surface area contributed by atoms with Crippen molar-refractivity contribution in [3.8, 4) is 5.75 Å². The number of nitrogens with one attached hydrogen (secondary N) is 1. The standard InChI is InChI=1S/C12H12N4O3S/c13-12-14-5-8(6-15-12)20(17,18)16-10-7-19-11-4-2-1-3-9(10)11/h1-6,10,16H,7H2,(H2,13,14,15). The average Bonchev–Trinajstić information content (AvgIpc) is 2.82. The second-order valence-corrected chi connectivity index (χ2v) is 6.01. The Bertz CT molecular complexity index is 731. The molecule has 0 fully saturated rings. The molecule has 20 heavy (non-hydrogen) atoms. The van der Waals surface area contributed by atoms with Gasteiger partial charge in [0.15, 0.2) is 0 Å². The van der Waals surface area contributed by atoms with E-state index in [9.17, 15) is 8.42 Å². The fourth-order valence-corrected chi connectivity index (χ4v) is 3.07. The molecule has 1 aromatic carbocycles. The summed E-state index contributed by atoms with van der Waals surface area (Å²) in [6.45, 7) is 0.258. The Hall–Kier alpha value is -2.19. The number of hydrogen-bond donors (Lipinski definition) is 2. The molecular formula is C12H12N4O3S. The molecule has 1 aromatic heterocycles. The summed E-state index contributed by atoms with van der Waals surface area (Å²) < 4.78 is 32.5. The van der Waals surface area contributed by atoms with Gasteiger partial charge < -0.3 is 10.5 Å². The van der Waals surface area contributed by atoms with Crippen molar-refractivity contribution in [3.63, 3.8) is 0 Å². The van der Waals surface area contributed by atoms with Gasteiger partial charge in [0.25, 0.3) is 0 Å². The highest BCUT2D eigenvalue weighted by Gasteiger charge is 2.28. The van der Waals surface area contributed by atoms with E-state index in [-0.39, 0.29) is 17.5 Å². The molecular weight excluding hydrogens is 280 g/mol. The van der Waals surface area contributed by atoms with Crippen LogP contribution in [0.15, 0.2) is 41.6 Å². The Balaban J connectivity index is 1.86. The van der Waals surface area contributed by atoms with E-state index < -0.39 is 16.1 Å². The highest BCUT2D eigenvalue weighted by atomic mass is 32.2. The molecule has 0 amide bonds. The van der Waals surface area contributed by atoms with Crippen molar-refractivity contribution in [2.45, 2.75) is 10.9 Å². The maximum atomic E-state index is 12.2. The van der Waals surface area contributed by atoms with Crippen LogP contribution in [0.25, 0.3) is 0 Å². The number of ether oxygens (including phenoxy) is 1. The number of nitrogens with two attached hydrogens (primary N) is 1. The topological polar surface area (TPSA) is 107 Å². The van der Waals surface area contributed by atoms with Gasteiger partial charge in [-0.3, -0.25) is 0 Å². The number of para-hydroxylation sites is 1. The molecule has 2 aromatic rings. The van der Waals surface area contributed by atoms with Crippen LogP contribution in [0.2, 0.25) is 0 Å². The lowest BCUT2D eigenvalue weighted by atomic mass is 10.1. The van der Waals surface area contributed by atoms with E-state index in [1.54, 1.807) is 6.07 Å². The van der Waals surface area contributed by atoms with Gasteiger partial charge in [-0.25, -0.2) is 18.4 Å². The molecule has 7 nitrogen and oxygen atoms in total. The van der Waals surface area contributed by atoms with Gasteiger partial charge >= 0.3 is 0 Å². The number of fused-ring (bicyclic) bond motifs is 1. The van der Waals surface area contributed by atoms with Crippen LogP contribution in [0.1, 0.15) is 11.6 Å². The van der Waals surface area contributed by atoms with E-state index in [1.807, 2.05) is 18.2 Å². The lowest BCUT2D eigenvalue weighted by molar-refractivity contribution is 0.325. The van der Waals surface area contributed by atoms with E-state index in [0.717, 1.165) is 5.56 Å². The van der Waals surface area contributed by atoms with Crippen molar-refractivity contribution in [1.82, 2.24) is 14.7 Å². The number of aromatic nitrogens is 2. The molecule has 3 N–H and O–H groups in total. The van der Waals surface area contributed by atoms with E-state index in [2.05, 4.69) is 14.7 Å². The molecule has 1 aliphatic rings. The van der Waals surface area contributed by atoms with Gasteiger partial charge in [0.1, 0.15) is 17.3 Å². The first kappa shape index (κ1) is 12.8. The number of hydrogen-bond acceptors (Lipinski definition) is 6. The highest BCUT2D eigenvalue weighted by molar-refractivity contribution is 7.89. The smallest absolute Gasteiger partial charge is 0.244 e. The van der Waals surface area contributed by atoms with E-state index >= 15 is 0 Å². The molecule has 104 valence electrons. The van der Waals surface area contributed by atoms with Crippen molar-refractivity contribution in [2.75, 3.05) is 12.3 Å². The fraction of sp³-hybridized carbons (Fsp3) is 0.167. The summed E-state index contributed by atoms with van der Waals surface area (Å²) in [5.41, 5.74) is 6.15. The Morgan fingerprint density at radius 3 is 2.70 bits per heavy atom. The van der Waals surface area contributed by atoms with Gasteiger partial charge in [-0.2, -0.15) is 4.72 Å². The van der Waals surface area contributed by atoms with Crippen molar-refractivity contribution in [3.05, 3.63) is 42.2 Å². The molecule has 0 saturated heterocycles. The summed E-state index contributed by atoms with van der Waals surface area (Å²) >= 11 is 0. The number of rotatable bonds is 3. The maximum Gasteiger partial charge on any atom is 0.244 e. The lowest BCUT2D eigenvalue weighted by Crippen LogP contribution is -2.29. The Morgan fingerprint density at radius 1 is 1.25 bits per heavy atom. The van der Waals surface area contributed by atoms with Crippen LogP contribution in [0, 0.1) is 0 Å². The van der Waals surface area contributed by atoms with Gasteiger partial charge in [0.05, 0.1) is 18.4 Å². The minimum atomic E-state index is -3.71. The summed E-state index contributed by atoms with van der Waals surface area (Å²) in [5, 5.41) is 0. The predicted octanol–water partition coefficient (Wildman–Crippen LogP) is 0.471. The monoisotopic (exact) mass is 292 g/mol. The third kappa shape index (κ3) is 2.30. The van der Waals surface area contributed by atoms with Gasteiger partial charge in [-0.05, 0) is 6.07 Å². The van der Waals surface area contributed by atoms with Gasteiger partial charge in [0, 0.05) is 5.56 Å². The van der Waals surface area contributed by atoms with Gasteiger partial charge in [0.2, 0.25) is 16.0 Å². The molecule has 8 heteroatoms. The molecule has 0 bridgehead atoms. The van der Waals surface area contributed by atoms with E-state index in [1.165, 1.54) is 12.4 Å². The molecule has 2 heterocycles. The minimum absolute atomic E-state index is 0.0264. The van der Waals surface area contributed by atoms with Gasteiger partial charge in [-0.1, -0.05) is 18.2 Å². The molecule has 1 atom stereocenters. The average molecular weight is 292 g/mol. The van der Waals surface area contributed by atoms with Gasteiger partial charge in [-0.15, -0.1) is 0 Å². The van der Waals surface area contributed by atoms with Crippen molar-refractivity contribution >= 4 is 16.0 Å². The molecule has 0 saturated carbocycles. The van der Waals surface area contributed by atoms with Crippen molar-refractivity contribution < 1.29 is 13.2 Å². The molecule has 0 radical (unpaired) electrons. The molecule has 3 rings (SSSR count). The Kier molecular flexibility index (Phi) is 3.03. The number of nitrogens with zero attached hydrogens (tertiary/aromatic N) is 2. The van der Waals surface area contributed by atoms with Crippen LogP contribution in [0.5, 0.6) is 5.75 Å². The number of sulfonamides is 1. The van der Waals surface area contributed by atoms with Crippen LogP contribution in [0.3, 0.4) is 0 Å². The zero-order chi connectivity index (χ0) is 14.2. The molecule has 0 aliphatic carbocycles. The van der Waals surface area contributed by atoms with Crippen LogP contribution < -0.4 is 15.2 Å². The van der Waals surface area contributed by atoms with E-state index in [0.29, 0.717) is 5.75 Å². The largest absolute Gasteiger partial charge is 0.491 e. The van der Waals surface area contributed by atoms with Crippen LogP contribution >= 0.6 is 0 Å². The second-order valence-electron chi connectivity index (χ2n) is 4.30. The summed E-state index contributed by atoms with van der Waals surface area (Å²) in [6.07, 6.45) is 2.35. The van der Waals surface area contributed by atoms with Crippen molar-refractivity contribution in [2.24, 2.45) is 0 Å². The summed E-state index contributed by atoms with van der Waals surface area (Å²) in [5.74, 6) is 0.715. The first-order valence-corrected chi connectivity index (χ1v) is 7.36. The minimum Gasteiger partial charge on any atom is -0.491 e. The second kappa shape index (κ2) is 4.73. The molecule has 1 unspecified atom stereocenters. The fourth-order valence-electron chi connectivity index (χ4n) is 1.98. The molecule has 0 spiro atoms. The Labute approximate surface area is 115 Å². The van der Waals surface area contributed by atoms with Crippen molar-refractivity contribution in [1.29, 1.82) is 0 Å². The predicted molar refractivity (Wildman–Crippen MR) is 71.4 cm³/mol. The lowest BCUT2D eigenvalue weighted by Gasteiger charge is -2.11.